The zero-order valence-corrected chi connectivity index (χ0v) is 18.1. The molecule has 0 spiro atoms. The van der Waals surface area contributed by atoms with E-state index in [1.807, 2.05) is 0 Å². The highest BCUT2D eigenvalue weighted by Crippen LogP contribution is 2.39. The number of benzene rings is 1. The molecule has 1 aliphatic carbocycles. The van der Waals surface area contributed by atoms with Crippen molar-refractivity contribution in [2.75, 3.05) is 13.1 Å². The number of aromatic amines is 1. The van der Waals surface area contributed by atoms with Crippen molar-refractivity contribution in [3.63, 3.8) is 0 Å². The number of carbonyl (C=O) groups excluding carboxylic acids is 2. The van der Waals surface area contributed by atoms with Crippen LogP contribution in [0.5, 0.6) is 0 Å². The maximum Gasteiger partial charge on any atom is 0.329 e. The average Bonchev–Trinajstić information content (AvgIpc) is 3.61. The van der Waals surface area contributed by atoms with E-state index in [0.29, 0.717) is 17.8 Å². The minimum Gasteiger partial charge on any atom is -0.354 e. The van der Waals surface area contributed by atoms with Gasteiger partial charge in [0, 0.05) is 31.2 Å². The Morgan fingerprint density at radius 2 is 1.94 bits per heavy atom. The molecule has 3 N–H and O–H groups in total. The van der Waals surface area contributed by atoms with Crippen molar-refractivity contribution in [3.8, 4) is 0 Å². The number of hydrogen-bond donors (Lipinski definition) is 3. The lowest BCUT2D eigenvalue weighted by molar-refractivity contribution is -0.120. The summed E-state index contributed by atoms with van der Waals surface area (Å²) in [5, 5.41) is 5.44. The first-order valence-corrected chi connectivity index (χ1v) is 10.8. The maximum atomic E-state index is 13.2. The summed E-state index contributed by atoms with van der Waals surface area (Å²) in [4.78, 5) is 56.5. The number of nitrogens with one attached hydrogen (secondary N) is 3. The Hall–Kier alpha value is -3.82. The molecule has 10 heteroatoms. The monoisotopic (exact) mass is 453 g/mol. The Morgan fingerprint density at radius 1 is 1.18 bits per heavy atom. The molecule has 3 aromatic rings. The number of fused-ring (bicyclic) bond motifs is 1. The summed E-state index contributed by atoms with van der Waals surface area (Å²) < 4.78 is 14.6. The van der Waals surface area contributed by atoms with Gasteiger partial charge in [0.25, 0.3) is 11.5 Å². The van der Waals surface area contributed by atoms with E-state index in [1.54, 1.807) is 19.1 Å². The van der Waals surface area contributed by atoms with Crippen molar-refractivity contribution < 1.29 is 14.0 Å². The number of H-pyrrole nitrogens is 1. The van der Waals surface area contributed by atoms with Crippen LogP contribution in [-0.2, 0) is 17.8 Å². The van der Waals surface area contributed by atoms with Crippen molar-refractivity contribution >= 4 is 22.8 Å². The number of aryl methyl sites for hydroxylation is 1. The third-order valence-electron chi connectivity index (χ3n) is 5.51. The first-order valence-electron chi connectivity index (χ1n) is 10.8. The van der Waals surface area contributed by atoms with Crippen LogP contribution >= 0.6 is 0 Å². The molecule has 0 bridgehead atoms. The number of nitrogens with zero attached hydrogens (tertiary/aromatic N) is 2. The summed E-state index contributed by atoms with van der Waals surface area (Å²) in [6, 6.07) is 7.40. The molecule has 4 rings (SSSR count). The number of rotatable bonds is 8. The van der Waals surface area contributed by atoms with Gasteiger partial charge >= 0.3 is 5.69 Å². The van der Waals surface area contributed by atoms with E-state index in [4.69, 9.17) is 0 Å². The predicted molar refractivity (Wildman–Crippen MR) is 120 cm³/mol. The van der Waals surface area contributed by atoms with E-state index in [-0.39, 0.29) is 47.9 Å². The molecule has 33 heavy (non-hydrogen) atoms. The van der Waals surface area contributed by atoms with Crippen molar-refractivity contribution in [2.45, 2.75) is 38.6 Å². The maximum absolute atomic E-state index is 13.2. The molecule has 172 valence electrons. The zero-order chi connectivity index (χ0) is 23.5. The second-order valence-corrected chi connectivity index (χ2v) is 7.98. The average molecular weight is 453 g/mol. The SMILES string of the molecule is CCn1c(=O)[nH]c(=O)c2c(C(=O)NCCNC(=O)Cc3cccc(F)c3)cc(C3CC3)nc21. The number of hydrogen-bond acceptors (Lipinski definition) is 5. The molecule has 9 nitrogen and oxygen atoms in total. The smallest absolute Gasteiger partial charge is 0.329 e. The van der Waals surface area contributed by atoms with Crippen LogP contribution in [0.25, 0.3) is 11.0 Å². The van der Waals surface area contributed by atoms with Crippen molar-refractivity contribution in [2.24, 2.45) is 0 Å². The molecule has 2 aromatic heterocycles. The van der Waals surface area contributed by atoms with Crippen molar-refractivity contribution in [1.82, 2.24) is 25.2 Å². The Bertz CT molecular complexity index is 1340. The topological polar surface area (TPSA) is 126 Å². The van der Waals surface area contributed by atoms with Gasteiger partial charge in [-0.15, -0.1) is 0 Å². The normalized spacial score (nSPS) is 13.2. The fourth-order valence-corrected chi connectivity index (χ4v) is 3.72. The Morgan fingerprint density at radius 3 is 2.64 bits per heavy atom. The number of pyridine rings is 1. The molecule has 1 saturated carbocycles. The van der Waals surface area contributed by atoms with E-state index in [9.17, 15) is 23.6 Å². The number of amides is 2. The second kappa shape index (κ2) is 9.35. The highest BCUT2D eigenvalue weighted by molar-refractivity contribution is 6.05. The molecular formula is C23H24FN5O4. The molecule has 0 aliphatic heterocycles. The van der Waals surface area contributed by atoms with Crippen LogP contribution in [0, 0.1) is 5.82 Å². The molecule has 0 atom stereocenters. The quantitative estimate of drug-likeness (QED) is 0.442. The lowest BCUT2D eigenvalue weighted by Crippen LogP contribution is -2.36. The van der Waals surface area contributed by atoms with Crippen molar-refractivity contribution in [1.29, 1.82) is 0 Å². The standard InChI is InChI=1S/C23H24FN5O4/c1-2-29-20-19(22(32)28-23(29)33)16(12-17(27-20)14-6-7-14)21(31)26-9-8-25-18(30)11-13-4-3-5-15(24)10-13/h3-5,10,12,14H,2,6-9,11H2,1H3,(H,25,30)(H,26,31)(H,28,32,33). The summed E-state index contributed by atoms with van der Waals surface area (Å²) in [5.74, 6) is -0.993. The number of halogens is 1. The summed E-state index contributed by atoms with van der Waals surface area (Å²) >= 11 is 0. The van der Waals surface area contributed by atoms with Gasteiger partial charge in [-0.25, -0.2) is 14.2 Å². The highest BCUT2D eigenvalue weighted by atomic mass is 19.1. The lowest BCUT2D eigenvalue weighted by atomic mass is 10.1. The van der Waals surface area contributed by atoms with Gasteiger partial charge in [-0.3, -0.25) is 23.9 Å². The van der Waals surface area contributed by atoms with Crippen LogP contribution < -0.4 is 21.9 Å². The van der Waals surface area contributed by atoms with Gasteiger partial charge in [0.05, 0.1) is 17.4 Å². The fraction of sp³-hybridized carbons (Fsp3) is 0.348. The van der Waals surface area contributed by atoms with Gasteiger partial charge < -0.3 is 10.6 Å². The van der Waals surface area contributed by atoms with E-state index in [0.717, 1.165) is 12.8 Å². The van der Waals surface area contributed by atoms with E-state index >= 15 is 0 Å². The van der Waals surface area contributed by atoms with Crippen LogP contribution in [0.15, 0.2) is 39.9 Å². The molecule has 0 saturated heterocycles. The Kier molecular flexibility index (Phi) is 6.34. The van der Waals surface area contributed by atoms with Crippen LogP contribution in [0.4, 0.5) is 4.39 Å². The molecule has 1 aliphatic rings. The largest absolute Gasteiger partial charge is 0.354 e. The van der Waals surface area contributed by atoms with Gasteiger partial charge in [-0.1, -0.05) is 12.1 Å². The number of carbonyl (C=O) groups is 2. The predicted octanol–water partition coefficient (Wildman–Crippen LogP) is 1.21. The van der Waals surface area contributed by atoms with E-state index < -0.39 is 23.0 Å². The molecule has 0 unspecified atom stereocenters. The Labute approximate surface area is 188 Å². The van der Waals surface area contributed by atoms with E-state index in [2.05, 4.69) is 20.6 Å². The van der Waals surface area contributed by atoms with Crippen LogP contribution in [0.2, 0.25) is 0 Å². The van der Waals surface area contributed by atoms with Gasteiger partial charge in [0.2, 0.25) is 5.91 Å². The first kappa shape index (κ1) is 22.4. The van der Waals surface area contributed by atoms with Gasteiger partial charge in [-0.05, 0) is 43.5 Å². The number of aromatic nitrogens is 3. The Balaban J connectivity index is 1.47. The van der Waals surface area contributed by atoms with Gasteiger partial charge in [0.1, 0.15) is 5.82 Å². The van der Waals surface area contributed by atoms with Gasteiger partial charge in [0.15, 0.2) is 5.65 Å². The molecule has 2 amide bonds. The molecular weight excluding hydrogens is 429 g/mol. The van der Waals surface area contributed by atoms with Crippen LogP contribution in [0.3, 0.4) is 0 Å². The second-order valence-electron chi connectivity index (χ2n) is 7.98. The fourth-order valence-electron chi connectivity index (χ4n) is 3.72. The van der Waals surface area contributed by atoms with Crippen LogP contribution in [-0.4, -0.2) is 39.4 Å². The molecule has 1 aromatic carbocycles. The zero-order valence-electron chi connectivity index (χ0n) is 18.1. The van der Waals surface area contributed by atoms with E-state index in [1.165, 1.54) is 22.8 Å². The summed E-state index contributed by atoms with van der Waals surface area (Å²) in [5.41, 5.74) is 0.350. The first-order chi connectivity index (χ1) is 15.9. The molecule has 0 radical (unpaired) electrons. The minimum absolute atomic E-state index is 0.0232. The lowest BCUT2D eigenvalue weighted by Gasteiger charge is -2.13. The summed E-state index contributed by atoms with van der Waals surface area (Å²) in [6.07, 6.45) is 1.91. The third-order valence-corrected chi connectivity index (χ3v) is 5.51. The third kappa shape index (κ3) is 5.00. The van der Waals surface area contributed by atoms with Gasteiger partial charge in [-0.2, -0.15) is 0 Å². The highest BCUT2D eigenvalue weighted by Gasteiger charge is 2.28. The van der Waals surface area contributed by atoms with Crippen LogP contribution in [0.1, 0.15) is 47.3 Å². The van der Waals surface area contributed by atoms with Crippen molar-refractivity contribution in [3.05, 3.63) is 73.8 Å². The summed E-state index contributed by atoms with van der Waals surface area (Å²) in [7, 11) is 0. The molecule has 2 heterocycles. The molecule has 1 fully saturated rings. The minimum atomic E-state index is -0.664. The summed E-state index contributed by atoms with van der Waals surface area (Å²) in [6.45, 7) is 2.35.